The van der Waals surface area contributed by atoms with Gasteiger partial charge in [-0.05, 0) is 12.1 Å². The Morgan fingerprint density at radius 2 is 2.19 bits per heavy atom. The van der Waals surface area contributed by atoms with Crippen LogP contribution < -0.4 is 10.1 Å². The first-order chi connectivity index (χ1) is 10.2. The fraction of sp³-hybridized carbons (Fsp3) is 0.214. The molecule has 0 unspecified atom stereocenters. The number of hydrogen-bond donors (Lipinski definition) is 1. The van der Waals surface area contributed by atoms with E-state index in [1.807, 2.05) is 7.05 Å². The summed E-state index contributed by atoms with van der Waals surface area (Å²) in [7, 11) is 3.60. The van der Waals surface area contributed by atoms with Gasteiger partial charge in [-0.1, -0.05) is 6.07 Å². The van der Waals surface area contributed by atoms with Crippen molar-refractivity contribution in [3.8, 4) is 5.75 Å². The van der Waals surface area contributed by atoms with Crippen molar-refractivity contribution in [2.75, 3.05) is 12.4 Å². The Kier molecular flexibility index (Phi) is 3.39. The maximum atomic E-state index is 13.1. The molecule has 1 N–H and O–H groups in total. The van der Waals surface area contributed by atoms with Crippen LogP contribution in [-0.4, -0.2) is 26.8 Å². The van der Waals surface area contributed by atoms with Crippen molar-refractivity contribution in [2.45, 2.75) is 6.61 Å². The zero-order valence-electron chi connectivity index (χ0n) is 11.7. The summed E-state index contributed by atoms with van der Waals surface area (Å²) >= 11 is 0. The number of hydrogen-bond acceptors (Lipinski definition) is 5. The number of nitrogens with one attached hydrogen (secondary N) is 1. The molecule has 1 aromatic carbocycles. The molecule has 0 spiro atoms. The SMILES string of the molecule is CNc1nc(COc2cccc(F)c2)nc2c1cnn2C. The van der Waals surface area contributed by atoms with Gasteiger partial charge in [0.25, 0.3) is 0 Å². The summed E-state index contributed by atoms with van der Waals surface area (Å²) in [5.74, 6) is 1.28. The van der Waals surface area contributed by atoms with Gasteiger partial charge in [-0.15, -0.1) is 0 Å². The van der Waals surface area contributed by atoms with E-state index >= 15 is 0 Å². The van der Waals surface area contributed by atoms with E-state index in [1.165, 1.54) is 12.1 Å². The summed E-state index contributed by atoms with van der Waals surface area (Å²) in [6, 6.07) is 5.96. The van der Waals surface area contributed by atoms with E-state index in [9.17, 15) is 4.39 Å². The summed E-state index contributed by atoms with van der Waals surface area (Å²) in [6.45, 7) is 0.152. The highest BCUT2D eigenvalue weighted by atomic mass is 19.1. The van der Waals surface area contributed by atoms with Gasteiger partial charge in [-0.3, -0.25) is 4.68 Å². The molecule has 2 aromatic heterocycles. The monoisotopic (exact) mass is 287 g/mol. The first-order valence-corrected chi connectivity index (χ1v) is 6.42. The maximum absolute atomic E-state index is 13.1. The van der Waals surface area contributed by atoms with Crippen LogP contribution in [0.15, 0.2) is 30.5 Å². The minimum atomic E-state index is -0.341. The van der Waals surface area contributed by atoms with Crippen molar-refractivity contribution < 1.29 is 9.13 Å². The fourth-order valence-electron chi connectivity index (χ4n) is 2.03. The van der Waals surface area contributed by atoms with Crippen molar-refractivity contribution in [3.05, 3.63) is 42.1 Å². The smallest absolute Gasteiger partial charge is 0.170 e. The Bertz CT molecular complexity index is 786. The molecule has 3 aromatic rings. The summed E-state index contributed by atoms with van der Waals surface area (Å²) in [5, 5.41) is 8.01. The highest BCUT2D eigenvalue weighted by molar-refractivity contribution is 5.86. The lowest BCUT2D eigenvalue weighted by Gasteiger charge is -2.08. The van der Waals surface area contributed by atoms with Gasteiger partial charge in [0.1, 0.15) is 24.0 Å². The Labute approximate surface area is 120 Å². The van der Waals surface area contributed by atoms with E-state index in [1.54, 1.807) is 30.1 Å². The Hall–Kier alpha value is -2.70. The first-order valence-electron chi connectivity index (χ1n) is 6.42. The van der Waals surface area contributed by atoms with E-state index in [0.29, 0.717) is 23.0 Å². The molecular formula is C14H14FN5O. The summed E-state index contributed by atoms with van der Waals surface area (Å²) in [4.78, 5) is 8.79. The quantitative estimate of drug-likeness (QED) is 0.796. The molecule has 0 bridgehead atoms. The molecule has 0 aliphatic heterocycles. The molecule has 0 radical (unpaired) electrons. The van der Waals surface area contributed by atoms with Crippen LogP contribution in [0, 0.1) is 5.82 Å². The third-order valence-electron chi connectivity index (χ3n) is 3.04. The predicted octanol–water partition coefficient (Wildman–Crippen LogP) is 2.12. The zero-order valence-corrected chi connectivity index (χ0v) is 11.7. The Morgan fingerprint density at radius 1 is 1.33 bits per heavy atom. The highest BCUT2D eigenvalue weighted by Gasteiger charge is 2.11. The van der Waals surface area contributed by atoms with E-state index in [4.69, 9.17) is 4.74 Å². The van der Waals surface area contributed by atoms with Crippen LogP contribution >= 0.6 is 0 Å². The standard InChI is InChI=1S/C14H14FN5O/c1-16-13-11-7-17-20(2)14(11)19-12(18-13)8-21-10-5-3-4-9(15)6-10/h3-7H,8H2,1-2H3,(H,16,18,19). The molecule has 0 aliphatic carbocycles. The zero-order chi connectivity index (χ0) is 14.8. The fourth-order valence-corrected chi connectivity index (χ4v) is 2.03. The van der Waals surface area contributed by atoms with Crippen LogP contribution in [0.3, 0.4) is 0 Å². The average molecular weight is 287 g/mol. The molecular weight excluding hydrogens is 273 g/mol. The molecule has 3 rings (SSSR count). The van der Waals surface area contributed by atoms with E-state index < -0.39 is 0 Å². The predicted molar refractivity (Wildman–Crippen MR) is 76.6 cm³/mol. The molecule has 0 atom stereocenters. The Morgan fingerprint density at radius 3 is 2.95 bits per heavy atom. The van der Waals surface area contributed by atoms with Crippen LogP contribution in [0.25, 0.3) is 11.0 Å². The van der Waals surface area contributed by atoms with Crippen molar-refractivity contribution in [1.82, 2.24) is 19.7 Å². The second-order valence-electron chi connectivity index (χ2n) is 4.49. The molecule has 0 aliphatic rings. The number of ether oxygens (including phenoxy) is 1. The van der Waals surface area contributed by atoms with E-state index in [0.717, 1.165) is 5.39 Å². The number of aryl methyl sites for hydroxylation is 1. The molecule has 6 nitrogen and oxygen atoms in total. The maximum Gasteiger partial charge on any atom is 0.170 e. The second-order valence-corrected chi connectivity index (χ2v) is 4.49. The minimum Gasteiger partial charge on any atom is -0.486 e. The number of anilines is 1. The molecule has 2 heterocycles. The van der Waals surface area contributed by atoms with Gasteiger partial charge in [0.2, 0.25) is 0 Å². The van der Waals surface area contributed by atoms with Crippen molar-refractivity contribution in [1.29, 1.82) is 0 Å². The Balaban J connectivity index is 1.88. The number of benzene rings is 1. The van der Waals surface area contributed by atoms with E-state index in [-0.39, 0.29) is 12.4 Å². The molecule has 7 heteroatoms. The van der Waals surface area contributed by atoms with Crippen LogP contribution in [0.1, 0.15) is 5.82 Å². The average Bonchev–Trinajstić information content (AvgIpc) is 2.86. The van der Waals surface area contributed by atoms with Gasteiger partial charge in [-0.25, -0.2) is 14.4 Å². The normalized spacial score (nSPS) is 10.8. The van der Waals surface area contributed by atoms with Gasteiger partial charge in [0.15, 0.2) is 11.5 Å². The summed E-state index contributed by atoms with van der Waals surface area (Å²) in [5.41, 5.74) is 0.715. The van der Waals surface area contributed by atoms with E-state index in [2.05, 4.69) is 20.4 Å². The minimum absolute atomic E-state index is 0.152. The molecule has 0 saturated heterocycles. The third-order valence-corrected chi connectivity index (χ3v) is 3.04. The number of aromatic nitrogens is 4. The number of halogens is 1. The molecule has 0 amide bonds. The summed E-state index contributed by atoms with van der Waals surface area (Å²) < 4.78 is 20.3. The lowest BCUT2D eigenvalue weighted by Crippen LogP contribution is -2.06. The summed E-state index contributed by atoms with van der Waals surface area (Å²) in [6.07, 6.45) is 1.71. The lowest BCUT2D eigenvalue weighted by atomic mass is 10.3. The third kappa shape index (κ3) is 2.62. The molecule has 108 valence electrons. The topological polar surface area (TPSA) is 64.9 Å². The number of rotatable bonds is 4. The second kappa shape index (κ2) is 5.35. The lowest BCUT2D eigenvalue weighted by molar-refractivity contribution is 0.295. The van der Waals surface area contributed by atoms with Gasteiger partial charge >= 0.3 is 0 Å². The molecule has 0 saturated carbocycles. The molecule has 21 heavy (non-hydrogen) atoms. The van der Waals surface area contributed by atoms with Gasteiger partial charge in [-0.2, -0.15) is 5.10 Å². The molecule has 0 fully saturated rings. The number of fused-ring (bicyclic) bond motifs is 1. The van der Waals surface area contributed by atoms with Crippen LogP contribution in [0.4, 0.5) is 10.2 Å². The van der Waals surface area contributed by atoms with Crippen LogP contribution in [0.5, 0.6) is 5.75 Å². The van der Waals surface area contributed by atoms with Crippen molar-refractivity contribution in [3.63, 3.8) is 0 Å². The van der Waals surface area contributed by atoms with Crippen molar-refractivity contribution >= 4 is 16.9 Å². The van der Waals surface area contributed by atoms with Gasteiger partial charge < -0.3 is 10.1 Å². The first kappa shape index (κ1) is 13.3. The van der Waals surface area contributed by atoms with Crippen LogP contribution in [-0.2, 0) is 13.7 Å². The van der Waals surface area contributed by atoms with Crippen molar-refractivity contribution in [2.24, 2.45) is 7.05 Å². The van der Waals surface area contributed by atoms with Gasteiger partial charge in [0, 0.05) is 20.2 Å². The number of nitrogens with zero attached hydrogens (tertiary/aromatic N) is 4. The largest absolute Gasteiger partial charge is 0.486 e. The van der Waals surface area contributed by atoms with Gasteiger partial charge in [0.05, 0.1) is 11.6 Å². The van der Waals surface area contributed by atoms with Crippen LogP contribution in [0.2, 0.25) is 0 Å². The highest BCUT2D eigenvalue weighted by Crippen LogP contribution is 2.20.